The van der Waals surface area contributed by atoms with Crippen LogP contribution in [0.3, 0.4) is 0 Å². The number of Topliss-reactive ketones (excluding diaryl/α,β-unsaturated/α-hetero) is 1. The molecule has 74 heavy (non-hydrogen) atoms. The quantitative estimate of drug-likeness (QED) is 0.144. The zero-order valence-electron chi connectivity index (χ0n) is 47.6. The number of hydrogen-bond acceptors (Lipinski definition) is 19. The van der Waals surface area contributed by atoms with Gasteiger partial charge >= 0.3 is 18.0 Å². The molecule has 1 amide bonds. The summed E-state index contributed by atoms with van der Waals surface area (Å²) in [6, 6.07) is 0.0141. The molecule has 0 aromatic rings. The molecule has 4 saturated heterocycles. The van der Waals surface area contributed by atoms with E-state index in [1.165, 1.54) is 47.2 Å². The number of carbonyl (C=O) groups excluding carboxylic acids is 3. The number of carboxylic acid groups (broad SMARTS) is 1. The molecular weight excluding hydrogens is 967 g/mol. The van der Waals surface area contributed by atoms with Crippen molar-refractivity contribution in [3.05, 3.63) is 0 Å². The third-order valence-corrected chi connectivity index (χ3v) is 16.0. The number of carboxylic acids is 1. The first-order valence-electron chi connectivity index (χ1n) is 26.5. The average Bonchev–Trinajstić information content (AvgIpc) is 3.44. The number of aliphatic carboxylic acids is 1. The minimum Gasteiger partial charge on any atom is -0.481 e. The van der Waals surface area contributed by atoms with Gasteiger partial charge in [-0.05, 0) is 78.7 Å². The fraction of sp³-hybridized carbons (Fsp3) is 0.906. The number of oxime groups is 1. The van der Waals surface area contributed by atoms with Gasteiger partial charge in [-0.3, -0.25) is 14.4 Å². The Kier molecular flexibility index (Phi) is 23.6. The third-order valence-electron chi connectivity index (χ3n) is 16.0. The number of rotatable bonds is 15. The minimum atomic E-state index is -1.92. The molecule has 2 unspecified atom stereocenters. The van der Waals surface area contributed by atoms with Gasteiger partial charge in [0.05, 0.1) is 54.7 Å². The van der Waals surface area contributed by atoms with Gasteiger partial charge in [0.25, 0.3) is 0 Å². The normalized spacial score (nSPS) is 41.9. The smallest absolute Gasteiger partial charge is 0.410 e. The molecule has 0 radical (unpaired) electrons. The molecule has 21 nitrogen and oxygen atoms in total. The number of ether oxygens (including phenoxy) is 10. The number of nitrogens with zero attached hydrogens (tertiary/aromatic N) is 3. The van der Waals surface area contributed by atoms with Crippen LogP contribution < -0.4 is 0 Å². The highest BCUT2D eigenvalue weighted by Gasteiger charge is 2.54. The Morgan fingerprint density at radius 3 is 2.04 bits per heavy atom. The molecule has 428 valence electrons. The van der Waals surface area contributed by atoms with Crippen LogP contribution in [0.15, 0.2) is 5.16 Å². The van der Waals surface area contributed by atoms with E-state index in [9.17, 15) is 24.9 Å². The zero-order chi connectivity index (χ0) is 55.8. The molecular formula is C53H93N3O18. The van der Waals surface area contributed by atoms with Crippen LogP contribution in [0, 0.1) is 53.3 Å². The second kappa shape index (κ2) is 27.5. The zero-order valence-corrected chi connectivity index (χ0v) is 47.6. The van der Waals surface area contributed by atoms with Crippen LogP contribution in [-0.4, -0.2) is 202 Å². The predicted octanol–water partition coefficient (Wildman–Crippen LogP) is 4.99. The molecule has 4 rings (SSSR count). The maximum atomic E-state index is 15.7. The summed E-state index contributed by atoms with van der Waals surface area (Å²) < 4.78 is 63.7. The summed E-state index contributed by atoms with van der Waals surface area (Å²) in [6.07, 6.45) is -12.1. The summed E-state index contributed by atoms with van der Waals surface area (Å²) in [4.78, 5) is 67.0. The molecule has 4 heterocycles. The number of methoxy groups -OCH3 is 2. The number of aliphatic hydroxyl groups is 2. The standard InChI is InChI=1S/C53H93N3O18/c1-25(2)38(48(60)61)39-31(8)43(27(4)24-67-51-46(65-18)45(64-17)40(57)35(12)70-51)72-49(62)34(11)44(71-37-20-28(5)56(16)23-30(7)68-37)33(10)42(73-50-41(58)36(54-66-19)21-29(6)69-50)26(3)22-53(13,47(59)32(39)9)74-52(63)55(14)15/h25-35,37-46,50-51,57-58H,20-24H2,1-19H3,(H,60,61)/b54-36+/t26-,27?,28+,29+,30-,31-,32+,33+,34+,35+,37-,38?,39+,40+,41+,42-,43-,44-,45+,46+,50-,51+,53-/m0/s1. The Bertz CT molecular complexity index is 1860. The summed E-state index contributed by atoms with van der Waals surface area (Å²) in [5.41, 5.74) is -1.63. The number of cyclic esters (lactones) is 1. The lowest BCUT2D eigenvalue weighted by Crippen LogP contribution is -2.59. The number of hydrogen-bond donors (Lipinski definition) is 3. The van der Waals surface area contributed by atoms with Crippen LogP contribution in [0.5, 0.6) is 0 Å². The Morgan fingerprint density at radius 1 is 0.838 bits per heavy atom. The van der Waals surface area contributed by atoms with Gasteiger partial charge < -0.3 is 77.3 Å². The van der Waals surface area contributed by atoms with Gasteiger partial charge in [-0.1, -0.05) is 53.6 Å². The van der Waals surface area contributed by atoms with Crippen molar-refractivity contribution >= 4 is 29.5 Å². The van der Waals surface area contributed by atoms with E-state index in [4.69, 9.17) is 52.2 Å². The van der Waals surface area contributed by atoms with E-state index in [2.05, 4.69) is 17.0 Å². The minimum absolute atomic E-state index is 0.0141. The highest BCUT2D eigenvalue weighted by atomic mass is 16.7. The van der Waals surface area contributed by atoms with Crippen molar-refractivity contribution in [1.82, 2.24) is 9.80 Å². The molecule has 4 aliphatic rings. The van der Waals surface area contributed by atoms with Gasteiger partial charge in [0.2, 0.25) is 0 Å². The largest absolute Gasteiger partial charge is 0.481 e. The van der Waals surface area contributed by atoms with Gasteiger partial charge in [0, 0.05) is 71.5 Å². The predicted molar refractivity (Wildman–Crippen MR) is 271 cm³/mol. The highest BCUT2D eigenvalue weighted by Crippen LogP contribution is 2.44. The summed E-state index contributed by atoms with van der Waals surface area (Å²) in [5, 5.41) is 37.8. The van der Waals surface area contributed by atoms with Crippen molar-refractivity contribution in [2.24, 2.45) is 58.4 Å². The van der Waals surface area contributed by atoms with Gasteiger partial charge in [-0.25, -0.2) is 4.79 Å². The number of esters is 1. The molecule has 3 N–H and O–H groups in total. The monoisotopic (exact) mass is 1060 g/mol. The van der Waals surface area contributed by atoms with E-state index in [-0.39, 0.29) is 37.3 Å². The van der Waals surface area contributed by atoms with E-state index in [1.807, 2.05) is 27.8 Å². The molecule has 23 atom stereocenters. The first-order chi connectivity index (χ1) is 34.5. The number of carbonyl (C=O) groups is 4. The van der Waals surface area contributed by atoms with Crippen LogP contribution in [0.25, 0.3) is 0 Å². The summed E-state index contributed by atoms with van der Waals surface area (Å²) in [6.45, 7) is 23.6. The lowest BCUT2D eigenvalue weighted by molar-refractivity contribution is -0.305. The molecule has 0 aromatic carbocycles. The first-order valence-corrected chi connectivity index (χ1v) is 26.5. The maximum absolute atomic E-state index is 15.7. The van der Waals surface area contributed by atoms with Gasteiger partial charge in [0.15, 0.2) is 30.3 Å². The number of aliphatic hydroxyl groups excluding tert-OH is 2. The van der Waals surface area contributed by atoms with Crippen molar-refractivity contribution in [3.63, 3.8) is 0 Å². The lowest BCUT2D eigenvalue weighted by Gasteiger charge is -2.46. The highest BCUT2D eigenvalue weighted by molar-refractivity contribution is 5.91. The van der Waals surface area contributed by atoms with Crippen molar-refractivity contribution in [1.29, 1.82) is 0 Å². The average molecular weight is 1060 g/mol. The topological polar surface area (TPSA) is 249 Å². The van der Waals surface area contributed by atoms with Crippen molar-refractivity contribution in [2.45, 2.75) is 201 Å². The molecule has 0 bridgehead atoms. The van der Waals surface area contributed by atoms with Crippen LogP contribution in [-0.2, 0) is 66.6 Å². The Hall–Kier alpha value is -3.09. The molecule has 21 heteroatoms. The second-order valence-corrected chi connectivity index (χ2v) is 22.7. The van der Waals surface area contributed by atoms with Crippen LogP contribution >= 0.6 is 0 Å². The summed E-state index contributed by atoms with van der Waals surface area (Å²) in [5.74, 6) is -10.4. The van der Waals surface area contributed by atoms with Crippen LogP contribution in [0.1, 0.15) is 109 Å². The van der Waals surface area contributed by atoms with Gasteiger partial charge in [0.1, 0.15) is 37.6 Å². The van der Waals surface area contributed by atoms with Crippen LogP contribution in [0.4, 0.5) is 4.79 Å². The lowest BCUT2D eigenvalue weighted by atomic mass is 9.64. The SMILES string of the molecule is CO/N=C1\C[C@@H](C)O[C@@H](O[C@@H]2[C@@H](C)[C@H](O[C@H]3C[C@@H](C)N(C)C[C@H](C)O3)[C@@H](C)C(=O)O[C@@H](C(C)CO[C@@H]3O[C@H](C)[C@@H](O)[C@@H](OC)[C@H]3OC)[C@@H](C)[C@@H](C(C(=O)O)C(C)C)[C@@H](C)C(=O)[C@@](C)(OC(=O)N(C)C)C[C@@H]2C)[C@@H]1O. The van der Waals surface area contributed by atoms with Crippen molar-refractivity contribution in [2.75, 3.05) is 55.6 Å². The van der Waals surface area contributed by atoms with Crippen molar-refractivity contribution in [3.8, 4) is 0 Å². The fourth-order valence-electron chi connectivity index (χ4n) is 11.9. The maximum Gasteiger partial charge on any atom is 0.410 e. The van der Waals surface area contributed by atoms with Gasteiger partial charge in [-0.15, -0.1) is 0 Å². The number of amides is 1. The van der Waals surface area contributed by atoms with E-state index in [1.54, 1.807) is 55.4 Å². The Morgan fingerprint density at radius 2 is 1.47 bits per heavy atom. The summed E-state index contributed by atoms with van der Waals surface area (Å²) in [7, 11) is 9.27. The molecule has 0 spiro atoms. The van der Waals surface area contributed by atoms with Gasteiger partial charge in [-0.2, -0.15) is 0 Å². The molecule has 0 aromatic heterocycles. The van der Waals surface area contributed by atoms with Crippen molar-refractivity contribution < 1.29 is 86.7 Å². The van der Waals surface area contributed by atoms with E-state index >= 15 is 9.59 Å². The Labute approximate surface area is 439 Å². The number of likely N-dealkylation sites (N-methyl/N-ethyl adjacent to an activating group) is 1. The number of ketones is 1. The van der Waals surface area contributed by atoms with E-state index in [0.29, 0.717) is 13.0 Å². The first kappa shape index (κ1) is 63.4. The fourth-order valence-corrected chi connectivity index (χ4v) is 11.9. The molecule has 0 aliphatic carbocycles. The molecule has 4 fully saturated rings. The second-order valence-electron chi connectivity index (χ2n) is 22.7. The Balaban J connectivity index is 2.00. The van der Waals surface area contributed by atoms with E-state index < -0.39 is 156 Å². The summed E-state index contributed by atoms with van der Waals surface area (Å²) >= 11 is 0. The molecule has 4 aliphatic heterocycles. The third kappa shape index (κ3) is 15.1. The van der Waals surface area contributed by atoms with E-state index in [0.717, 1.165) is 0 Å². The molecule has 0 saturated carbocycles. The van der Waals surface area contributed by atoms with Crippen LogP contribution in [0.2, 0.25) is 0 Å².